The van der Waals surface area contributed by atoms with Crippen LogP contribution in [0.4, 0.5) is 4.39 Å². The van der Waals surface area contributed by atoms with E-state index in [1.807, 2.05) is 0 Å². The van der Waals surface area contributed by atoms with E-state index in [0.29, 0.717) is 0 Å². The molecule has 166 valence electrons. The van der Waals surface area contributed by atoms with Gasteiger partial charge in [-0.1, -0.05) is 12.1 Å². The lowest BCUT2D eigenvalue weighted by molar-refractivity contribution is -0.182. The van der Waals surface area contributed by atoms with Crippen molar-refractivity contribution in [2.75, 3.05) is 0 Å². The Morgan fingerprint density at radius 3 is 2.10 bits per heavy atom. The van der Waals surface area contributed by atoms with Crippen LogP contribution in [0.3, 0.4) is 0 Å². The first-order valence-electron chi connectivity index (χ1n) is 9.98. The largest absolute Gasteiger partial charge is 0.460 e. The maximum atomic E-state index is 14.0. The van der Waals surface area contributed by atoms with Gasteiger partial charge in [-0.3, -0.25) is 14.4 Å². The summed E-state index contributed by atoms with van der Waals surface area (Å²) in [5.74, 6) is -6.51. The van der Waals surface area contributed by atoms with Crippen molar-refractivity contribution in [2.45, 2.75) is 77.6 Å². The molecule has 0 unspecified atom stereocenters. The maximum absolute atomic E-state index is 14.0. The second-order valence-corrected chi connectivity index (χ2v) is 10.1. The van der Waals surface area contributed by atoms with E-state index in [1.54, 1.807) is 41.5 Å². The highest BCUT2D eigenvalue weighted by molar-refractivity contribution is 6.03. The lowest BCUT2D eigenvalue weighted by Gasteiger charge is -2.44. The highest BCUT2D eigenvalue weighted by atomic mass is 19.1. The van der Waals surface area contributed by atoms with Gasteiger partial charge >= 0.3 is 11.9 Å². The predicted octanol–water partition coefficient (Wildman–Crippen LogP) is 3.55. The minimum absolute atomic E-state index is 0.245. The molecule has 0 aliphatic heterocycles. The first-order valence-corrected chi connectivity index (χ1v) is 9.98. The fourth-order valence-electron chi connectivity index (χ4n) is 3.86. The molecule has 30 heavy (non-hydrogen) atoms. The number of ether oxygens (including phenoxy) is 2. The number of ketones is 1. The van der Waals surface area contributed by atoms with E-state index in [1.165, 1.54) is 25.1 Å². The number of carbonyl (C=O) groups is 3. The number of aliphatic hydroxyl groups is 1. The molecule has 1 aliphatic rings. The summed E-state index contributed by atoms with van der Waals surface area (Å²) >= 11 is 0. The van der Waals surface area contributed by atoms with Crippen LogP contribution in [0.5, 0.6) is 0 Å². The molecule has 0 saturated heterocycles. The van der Waals surface area contributed by atoms with Crippen molar-refractivity contribution in [1.82, 2.24) is 0 Å². The molecule has 0 amide bonds. The molecule has 7 heteroatoms. The molecule has 1 fully saturated rings. The van der Waals surface area contributed by atoms with Crippen molar-refractivity contribution in [3.63, 3.8) is 0 Å². The van der Waals surface area contributed by atoms with Crippen LogP contribution in [0.25, 0.3) is 0 Å². The molecule has 0 spiro atoms. The molecule has 1 N–H and O–H groups in total. The fourth-order valence-corrected chi connectivity index (χ4v) is 3.86. The second kappa shape index (κ2) is 8.10. The van der Waals surface area contributed by atoms with E-state index < -0.39 is 64.5 Å². The molecule has 0 heterocycles. The lowest BCUT2D eigenvalue weighted by atomic mass is 9.61. The zero-order valence-electron chi connectivity index (χ0n) is 18.6. The van der Waals surface area contributed by atoms with Gasteiger partial charge in [0.05, 0.1) is 11.5 Å². The fraction of sp³-hybridized carbons (Fsp3) is 0.609. The van der Waals surface area contributed by atoms with Crippen LogP contribution < -0.4 is 0 Å². The number of hydrogen-bond donors (Lipinski definition) is 1. The van der Waals surface area contributed by atoms with Gasteiger partial charge in [0.2, 0.25) is 0 Å². The Bertz CT molecular complexity index is 831. The molecular formula is C23H31FO6. The van der Waals surface area contributed by atoms with Gasteiger partial charge in [0.1, 0.15) is 22.9 Å². The highest BCUT2D eigenvalue weighted by Gasteiger charge is 2.57. The van der Waals surface area contributed by atoms with E-state index in [-0.39, 0.29) is 5.56 Å². The Morgan fingerprint density at radius 1 is 1.07 bits per heavy atom. The number of carbonyl (C=O) groups excluding carboxylic acids is 3. The summed E-state index contributed by atoms with van der Waals surface area (Å²) in [5, 5.41) is 11.0. The smallest absolute Gasteiger partial charge is 0.317 e. The first kappa shape index (κ1) is 24.0. The minimum Gasteiger partial charge on any atom is -0.460 e. The van der Waals surface area contributed by atoms with Crippen LogP contribution >= 0.6 is 0 Å². The SMILES string of the molecule is CC(C)(C)OC(=O)[C@H]1C(=O)C[C@@](C)(O)[C@H](C(=O)OC(C)(C)C)[C@H]1c1cccc(F)c1. The van der Waals surface area contributed by atoms with Crippen LogP contribution in [0.15, 0.2) is 24.3 Å². The number of hydrogen-bond acceptors (Lipinski definition) is 6. The molecule has 1 aliphatic carbocycles. The van der Waals surface area contributed by atoms with E-state index >= 15 is 0 Å². The van der Waals surface area contributed by atoms with E-state index in [4.69, 9.17) is 9.47 Å². The molecule has 0 radical (unpaired) electrons. The maximum Gasteiger partial charge on any atom is 0.317 e. The third-order valence-corrected chi connectivity index (χ3v) is 4.82. The first-order chi connectivity index (χ1) is 13.5. The lowest BCUT2D eigenvalue weighted by Crippen LogP contribution is -2.56. The standard InChI is InChI=1S/C23H31FO6/c1-21(2,3)29-19(26)17-15(25)12-23(7,28)18(20(27)30-22(4,5)6)16(17)13-9-8-10-14(24)11-13/h8-11,16-18,28H,12H2,1-7H3/t16-,17-,18-,23+/m0/s1. The second-order valence-electron chi connectivity index (χ2n) is 10.1. The van der Waals surface area contributed by atoms with Crippen molar-refractivity contribution in [2.24, 2.45) is 11.8 Å². The third kappa shape index (κ3) is 5.65. The molecule has 1 aromatic carbocycles. The van der Waals surface area contributed by atoms with Gasteiger partial charge in [-0.15, -0.1) is 0 Å². The van der Waals surface area contributed by atoms with Gasteiger partial charge in [-0.25, -0.2) is 4.39 Å². The average Bonchev–Trinajstić information content (AvgIpc) is 2.49. The Kier molecular flexibility index (Phi) is 6.48. The summed E-state index contributed by atoms with van der Waals surface area (Å²) in [6.07, 6.45) is -0.424. The third-order valence-electron chi connectivity index (χ3n) is 4.82. The van der Waals surface area contributed by atoms with Gasteiger partial charge in [0.25, 0.3) is 0 Å². The number of halogens is 1. The number of rotatable bonds is 3. The quantitative estimate of drug-likeness (QED) is 0.592. The Hall–Kier alpha value is -2.28. The topological polar surface area (TPSA) is 89.9 Å². The van der Waals surface area contributed by atoms with Gasteiger partial charge in [-0.2, -0.15) is 0 Å². The Labute approximate surface area is 176 Å². The van der Waals surface area contributed by atoms with Crippen LogP contribution in [0.1, 0.15) is 66.4 Å². The van der Waals surface area contributed by atoms with Crippen molar-refractivity contribution in [3.8, 4) is 0 Å². The van der Waals surface area contributed by atoms with Crippen LogP contribution in [-0.2, 0) is 23.9 Å². The number of esters is 2. The van der Waals surface area contributed by atoms with Gasteiger partial charge < -0.3 is 14.6 Å². The molecule has 1 saturated carbocycles. The summed E-state index contributed by atoms with van der Waals surface area (Å²) in [6.45, 7) is 11.4. The normalized spacial score (nSPS) is 27.5. The van der Waals surface area contributed by atoms with Crippen molar-refractivity contribution in [3.05, 3.63) is 35.6 Å². The van der Waals surface area contributed by atoms with E-state index in [2.05, 4.69) is 0 Å². The molecule has 2 rings (SSSR count). The summed E-state index contributed by atoms with van der Waals surface area (Å²) < 4.78 is 25.0. The van der Waals surface area contributed by atoms with E-state index in [9.17, 15) is 23.9 Å². The van der Waals surface area contributed by atoms with Crippen molar-refractivity contribution < 1.29 is 33.4 Å². The Balaban J connectivity index is 2.64. The number of Topliss-reactive ketones (excluding diaryl/α,β-unsaturated/α-hetero) is 1. The molecule has 1 aromatic rings. The van der Waals surface area contributed by atoms with Gasteiger partial charge in [0, 0.05) is 12.3 Å². The molecule has 0 bridgehead atoms. The number of benzene rings is 1. The zero-order chi connectivity index (χ0) is 23.1. The summed E-state index contributed by atoms with van der Waals surface area (Å²) in [4.78, 5) is 39.1. The van der Waals surface area contributed by atoms with E-state index in [0.717, 1.165) is 6.07 Å². The average molecular weight is 422 g/mol. The summed E-state index contributed by atoms with van der Waals surface area (Å²) in [7, 11) is 0. The molecular weight excluding hydrogens is 391 g/mol. The Morgan fingerprint density at radius 2 is 1.60 bits per heavy atom. The van der Waals surface area contributed by atoms with Crippen molar-refractivity contribution in [1.29, 1.82) is 0 Å². The summed E-state index contributed by atoms with van der Waals surface area (Å²) in [5.41, 5.74) is -3.27. The molecule has 4 atom stereocenters. The minimum atomic E-state index is -1.78. The van der Waals surface area contributed by atoms with Gasteiger partial charge in [0.15, 0.2) is 5.78 Å². The highest BCUT2D eigenvalue weighted by Crippen LogP contribution is 2.47. The molecule has 0 aromatic heterocycles. The van der Waals surface area contributed by atoms with Crippen LogP contribution in [-0.4, -0.2) is 39.6 Å². The van der Waals surface area contributed by atoms with Crippen LogP contribution in [0.2, 0.25) is 0 Å². The zero-order valence-corrected chi connectivity index (χ0v) is 18.6. The monoisotopic (exact) mass is 422 g/mol. The van der Waals surface area contributed by atoms with Gasteiger partial charge in [-0.05, 0) is 66.2 Å². The predicted molar refractivity (Wildman–Crippen MR) is 108 cm³/mol. The summed E-state index contributed by atoms with van der Waals surface area (Å²) in [6, 6.07) is 5.33. The molecule has 6 nitrogen and oxygen atoms in total. The van der Waals surface area contributed by atoms with Crippen molar-refractivity contribution >= 4 is 17.7 Å². The van der Waals surface area contributed by atoms with Crippen LogP contribution in [0, 0.1) is 17.7 Å².